The molecule has 6 heteroatoms. The van der Waals surface area contributed by atoms with E-state index >= 15 is 0 Å². The molecule has 2 aromatic rings. The van der Waals surface area contributed by atoms with E-state index in [9.17, 15) is 4.57 Å². The first kappa shape index (κ1) is 16.5. The van der Waals surface area contributed by atoms with Crippen molar-refractivity contribution in [2.24, 2.45) is 7.05 Å². The fourth-order valence-corrected chi connectivity index (χ4v) is 4.01. The second-order valence-corrected chi connectivity index (χ2v) is 6.83. The Morgan fingerprint density at radius 3 is 2.63 bits per heavy atom. The summed E-state index contributed by atoms with van der Waals surface area (Å²) < 4.78 is 20.1. The van der Waals surface area contributed by atoms with Crippen LogP contribution in [0.2, 0.25) is 0 Å². The molecule has 0 spiro atoms. The van der Waals surface area contributed by atoms with Crippen molar-refractivity contribution >= 4 is 23.6 Å². The fourth-order valence-electron chi connectivity index (χ4n) is 2.03. The number of aryl methyl sites for hydroxylation is 1. The first-order chi connectivity index (χ1) is 8.60. The number of hydrogen-bond donors (Lipinski definition) is 0. The maximum absolute atomic E-state index is 12.9. The highest BCUT2D eigenvalue weighted by Crippen LogP contribution is 2.46. The lowest BCUT2D eigenvalue weighted by Crippen LogP contribution is -3.00. The van der Waals surface area contributed by atoms with Crippen molar-refractivity contribution in [1.82, 2.24) is 5.10 Å². The molecule has 0 saturated carbocycles. The van der Waals surface area contributed by atoms with Crippen molar-refractivity contribution < 1.29 is 37.7 Å². The summed E-state index contributed by atoms with van der Waals surface area (Å²) in [4.78, 5) is 0. The molecule has 0 N–H and O–H groups in total. The first-order valence-electron chi connectivity index (χ1n) is 6.10. The van der Waals surface area contributed by atoms with Gasteiger partial charge in [-0.25, -0.2) is 0 Å². The van der Waals surface area contributed by atoms with Gasteiger partial charge in [0.1, 0.15) is 10.8 Å². The van der Waals surface area contributed by atoms with E-state index in [1.54, 1.807) is 4.68 Å². The summed E-state index contributed by atoms with van der Waals surface area (Å²) in [6.45, 7) is 4.21. The lowest BCUT2D eigenvalue weighted by molar-refractivity contribution is -0.727. The van der Waals surface area contributed by atoms with Gasteiger partial charge in [-0.05, 0) is 18.1 Å². The van der Waals surface area contributed by atoms with Crippen molar-refractivity contribution in [3.8, 4) is 0 Å². The topological polar surface area (TPSA) is 43.1 Å². The summed E-state index contributed by atoms with van der Waals surface area (Å²) in [6, 6.07) is 7.72. The Morgan fingerprint density at radius 2 is 2.00 bits per heavy atom. The van der Waals surface area contributed by atoms with E-state index in [0.29, 0.717) is 12.8 Å². The average Bonchev–Trinajstić information content (AvgIpc) is 2.38. The molecule has 1 aromatic carbocycles. The van der Waals surface area contributed by atoms with Gasteiger partial charge >= 0.3 is 0 Å². The second-order valence-electron chi connectivity index (χ2n) is 4.11. The van der Waals surface area contributed by atoms with Crippen LogP contribution >= 0.6 is 7.37 Å². The predicted molar refractivity (Wildman–Crippen MR) is 72.3 cm³/mol. The van der Waals surface area contributed by atoms with Crippen LogP contribution in [-0.2, 0) is 16.1 Å². The van der Waals surface area contributed by atoms with Crippen molar-refractivity contribution in [2.75, 3.05) is 12.8 Å². The van der Waals surface area contributed by atoms with Crippen molar-refractivity contribution in [3.05, 3.63) is 30.5 Å². The zero-order chi connectivity index (χ0) is 13.2. The van der Waals surface area contributed by atoms with E-state index in [2.05, 4.69) is 5.10 Å². The van der Waals surface area contributed by atoms with Crippen molar-refractivity contribution in [3.63, 3.8) is 0 Å². The van der Waals surface area contributed by atoms with Gasteiger partial charge in [0.15, 0.2) is 7.05 Å². The second kappa shape index (κ2) is 6.77. The number of benzene rings is 1. The standard InChI is InChI=1S/C13H18N2O2P.HI/c1-4-17-18(16,5-2)13-10-15(3)14-12-9-7-6-8-11(12)13;/h6-10H,4-5H2,1-3H3;1H/q+1;/p-1. The summed E-state index contributed by atoms with van der Waals surface area (Å²) >= 11 is 0. The summed E-state index contributed by atoms with van der Waals surface area (Å²) in [5.41, 5.74) is 0.839. The lowest BCUT2D eigenvalue weighted by atomic mass is 10.2. The maximum Gasteiger partial charge on any atom is 0.238 e. The summed E-state index contributed by atoms with van der Waals surface area (Å²) in [7, 11) is -0.951. The van der Waals surface area contributed by atoms with Gasteiger partial charge in [0.05, 0.1) is 6.61 Å². The molecule has 0 aliphatic rings. The quantitative estimate of drug-likeness (QED) is 0.382. The Hall–Kier alpha value is -0.520. The number of fused-ring (bicyclic) bond motifs is 1. The molecule has 0 saturated heterocycles. The number of rotatable bonds is 4. The summed E-state index contributed by atoms with van der Waals surface area (Å²) in [6.07, 6.45) is 2.30. The molecule has 0 radical (unpaired) electrons. The Labute approximate surface area is 130 Å². The zero-order valence-corrected chi connectivity index (χ0v) is 14.4. The molecule has 0 fully saturated rings. The van der Waals surface area contributed by atoms with Gasteiger partial charge in [0.2, 0.25) is 13.6 Å². The summed E-state index contributed by atoms with van der Waals surface area (Å²) in [5.74, 6) is 0. The Kier molecular flexibility index (Phi) is 5.89. The maximum atomic E-state index is 12.9. The molecule has 0 aliphatic carbocycles. The van der Waals surface area contributed by atoms with Gasteiger partial charge in [-0.2, -0.15) is 0 Å². The molecule has 1 atom stereocenters. The zero-order valence-electron chi connectivity index (χ0n) is 11.3. The van der Waals surface area contributed by atoms with E-state index in [0.717, 1.165) is 16.2 Å². The van der Waals surface area contributed by atoms with Crippen LogP contribution in [0.1, 0.15) is 13.8 Å². The number of hydrogen-bond acceptors (Lipinski definition) is 3. The minimum Gasteiger partial charge on any atom is -1.00 e. The average molecular weight is 392 g/mol. The number of aromatic nitrogens is 2. The first-order valence-corrected chi connectivity index (χ1v) is 7.91. The smallest absolute Gasteiger partial charge is 0.238 e. The van der Waals surface area contributed by atoms with E-state index in [-0.39, 0.29) is 24.0 Å². The molecule has 4 nitrogen and oxygen atoms in total. The minimum absolute atomic E-state index is 0. The Balaban J connectivity index is 0.00000180. The molecule has 2 rings (SSSR count). The third-order valence-corrected chi connectivity index (χ3v) is 5.47. The van der Waals surface area contributed by atoms with Crippen LogP contribution in [0.15, 0.2) is 30.5 Å². The van der Waals surface area contributed by atoms with Crippen LogP contribution in [0.5, 0.6) is 0 Å². The van der Waals surface area contributed by atoms with Gasteiger partial charge in [-0.15, -0.1) is 0 Å². The largest absolute Gasteiger partial charge is 1.00 e. The van der Waals surface area contributed by atoms with Crippen molar-refractivity contribution in [1.29, 1.82) is 0 Å². The van der Waals surface area contributed by atoms with E-state index in [4.69, 9.17) is 4.52 Å². The highest BCUT2D eigenvalue weighted by Gasteiger charge is 2.29. The predicted octanol–water partition coefficient (Wildman–Crippen LogP) is -0.977. The molecule has 19 heavy (non-hydrogen) atoms. The molecule has 1 aromatic heterocycles. The monoisotopic (exact) mass is 392 g/mol. The fraction of sp³-hybridized carbons (Fsp3) is 0.385. The Bertz CT molecular complexity index is 619. The molecule has 0 bridgehead atoms. The van der Waals surface area contributed by atoms with Crippen LogP contribution in [-0.4, -0.2) is 17.9 Å². The number of halogens is 1. The van der Waals surface area contributed by atoms with Gasteiger partial charge in [0, 0.05) is 11.5 Å². The number of nitrogens with zero attached hydrogens (tertiary/aromatic N) is 2. The van der Waals surface area contributed by atoms with Gasteiger partial charge in [-0.3, -0.25) is 4.57 Å². The molecular formula is C13H18IN2O2P. The Morgan fingerprint density at radius 1 is 1.32 bits per heavy atom. The highest BCUT2D eigenvalue weighted by molar-refractivity contribution is 7.67. The molecule has 0 amide bonds. The minimum atomic E-state index is -2.79. The van der Waals surface area contributed by atoms with Crippen LogP contribution in [0.25, 0.3) is 10.9 Å². The highest BCUT2D eigenvalue weighted by atomic mass is 127. The van der Waals surface area contributed by atoms with Crippen molar-refractivity contribution in [2.45, 2.75) is 13.8 Å². The van der Waals surface area contributed by atoms with E-state index in [1.807, 2.05) is 51.4 Å². The SMILES string of the molecule is CCOP(=O)(CC)c1c[n+](C)nc2ccccc12.[I-]. The van der Waals surface area contributed by atoms with Crippen LogP contribution in [0.4, 0.5) is 0 Å². The van der Waals surface area contributed by atoms with Crippen LogP contribution in [0, 0.1) is 0 Å². The summed E-state index contributed by atoms with van der Waals surface area (Å²) in [5, 5.41) is 6.06. The molecule has 104 valence electrons. The van der Waals surface area contributed by atoms with Crippen LogP contribution in [0.3, 0.4) is 0 Å². The van der Waals surface area contributed by atoms with E-state index < -0.39 is 7.37 Å². The third kappa shape index (κ3) is 3.33. The third-order valence-electron chi connectivity index (χ3n) is 2.88. The normalized spacial score (nSPS) is 13.8. The van der Waals surface area contributed by atoms with Crippen LogP contribution < -0.4 is 34.0 Å². The van der Waals surface area contributed by atoms with Gasteiger partial charge in [0.25, 0.3) is 0 Å². The van der Waals surface area contributed by atoms with E-state index in [1.165, 1.54) is 0 Å². The van der Waals surface area contributed by atoms with Gasteiger partial charge in [-0.1, -0.05) is 29.8 Å². The van der Waals surface area contributed by atoms with Gasteiger partial charge < -0.3 is 28.5 Å². The molecule has 1 heterocycles. The molecule has 1 unspecified atom stereocenters. The molecule has 0 aliphatic heterocycles. The molecular weight excluding hydrogens is 374 g/mol. The lowest BCUT2D eigenvalue weighted by Gasteiger charge is -2.16.